The van der Waals surface area contributed by atoms with Gasteiger partial charge in [0.05, 0.1) is 123 Å². The van der Waals surface area contributed by atoms with Gasteiger partial charge in [0.25, 0.3) is 5.91 Å². The lowest BCUT2D eigenvalue weighted by molar-refractivity contribution is -0.941. The Morgan fingerprint density at radius 2 is 1.12 bits per heavy atom. The fourth-order valence-corrected chi connectivity index (χ4v) is 10.6. The summed E-state index contributed by atoms with van der Waals surface area (Å²) in [5.41, 5.74) is 16.0. The number of rotatable bonds is 23. The van der Waals surface area contributed by atoms with Crippen LogP contribution in [0.25, 0.3) is 10.4 Å². The normalized spacial score (nSPS) is 18.8. The maximum Gasteiger partial charge on any atom is 0.331 e. The fraction of sp³-hybridized carbons (Fsp3) is 0.463. The van der Waals surface area contributed by atoms with Gasteiger partial charge in [-0.05, 0) is 76.2 Å². The number of fused-ring (bicyclic) bond motifs is 2. The molecule has 0 aliphatic carbocycles. The molecule has 19 nitrogen and oxygen atoms in total. The summed E-state index contributed by atoms with van der Waals surface area (Å²) < 4.78 is 63.7. The number of benzene rings is 4. The first kappa shape index (κ1) is 55.0. The molecule has 19 heteroatoms. The number of ether oxygens (including phenoxy) is 11. The summed E-state index contributed by atoms with van der Waals surface area (Å²) in [7, 11) is 18.3. The molecule has 0 spiro atoms. The fourth-order valence-electron chi connectivity index (χ4n) is 10.6. The van der Waals surface area contributed by atoms with E-state index in [0.29, 0.717) is 100 Å². The number of quaternary nitrogens is 2. The van der Waals surface area contributed by atoms with Crippen molar-refractivity contribution in [3.63, 3.8) is 0 Å². The Balaban J connectivity index is 1.12. The molecule has 1 amide bonds. The number of aryl methyl sites for hydroxylation is 1. The number of hydrogen-bond donors (Lipinski definition) is 0. The quantitative estimate of drug-likeness (QED) is 0.0131. The van der Waals surface area contributed by atoms with Crippen molar-refractivity contribution in [1.82, 2.24) is 0 Å². The molecule has 73 heavy (non-hydrogen) atoms. The van der Waals surface area contributed by atoms with Crippen molar-refractivity contribution in [2.75, 3.05) is 117 Å². The lowest BCUT2D eigenvalue weighted by Gasteiger charge is -2.46. The Morgan fingerprint density at radius 3 is 1.67 bits per heavy atom. The second-order valence-corrected chi connectivity index (χ2v) is 18.4. The van der Waals surface area contributed by atoms with Crippen molar-refractivity contribution >= 4 is 17.8 Å². The molecule has 0 bridgehead atoms. The maximum atomic E-state index is 13.3. The molecule has 0 saturated heterocycles. The number of hydrogen-bond acceptors (Lipinski definition) is 14. The summed E-state index contributed by atoms with van der Waals surface area (Å²) in [6, 6.07) is 13.3. The van der Waals surface area contributed by atoms with Crippen molar-refractivity contribution in [2.45, 2.75) is 51.1 Å². The minimum Gasteiger partial charge on any atom is -0.496 e. The molecule has 2 aliphatic rings. The third kappa shape index (κ3) is 11.8. The number of methoxy groups -OCH3 is 9. The van der Waals surface area contributed by atoms with Gasteiger partial charge in [-0.1, -0.05) is 6.07 Å². The highest BCUT2D eigenvalue weighted by Crippen LogP contribution is 2.51. The number of nitrogens with zero attached hydrogens (tertiary/aromatic N) is 5. The summed E-state index contributed by atoms with van der Waals surface area (Å²) in [5, 5.41) is 3.38. The highest BCUT2D eigenvalue weighted by atomic mass is 16.5. The topological polar surface area (TPSA) is 201 Å². The highest BCUT2D eigenvalue weighted by Gasteiger charge is 2.45. The first-order valence-electron chi connectivity index (χ1n) is 23.9. The number of esters is 2. The van der Waals surface area contributed by atoms with Crippen LogP contribution in [0.1, 0.15) is 74.2 Å². The van der Waals surface area contributed by atoms with Gasteiger partial charge >= 0.3 is 11.9 Å². The molecular weight excluding hydrogens is 943 g/mol. The average molecular weight is 1010 g/mol. The molecule has 4 aromatic rings. The van der Waals surface area contributed by atoms with E-state index in [1.54, 1.807) is 34.5 Å². The van der Waals surface area contributed by atoms with Gasteiger partial charge in [0, 0.05) is 60.3 Å². The smallest absolute Gasteiger partial charge is 0.331 e. The van der Waals surface area contributed by atoms with E-state index in [0.717, 1.165) is 47.4 Å². The van der Waals surface area contributed by atoms with E-state index in [1.807, 2.05) is 25.1 Å². The zero-order chi connectivity index (χ0) is 53.0. The molecule has 4 unspecified atom stereocenters. The predicted molar refractivity (Wildman–Crippen MR) is 271 cm³/mol. The third-order valence-electron chi connectivity index (χ3n) is 14.2. The van der Waals surface area contributed by atoms with E-state index >= 15 is 0 Å². The molecular formula is C54H69N5O14+2. The Kier molecular flexibility index (Phi) is 18.4. The van der Waals surface area contributed by atoms with E-state index in [4.69, 9.17) is 52.1 Å². The second kappa shape index (κ2) is 24.4. The van der Waals surface area contributed by atoms with Crippen LogP contribution in [0.4, 0.5) is 0 Å². The van der Waals surface area contributed by atoms with Crippen molar-refractivity contribution in [2.24, 2.45) is 5.11 Å². The standard InChI is InChI=1S/C54H69N5O14/c1-33-25-34(27-43(66-7)51(33)69-10)26-39-38-32-41(64-5)40(63-4)28-35(38)17-21-58(39,2)19-13-23-72-46(60)15-16-47(61)73-24-14-20-59(3)22-18-36-29-42(65-6)49(54(62)56-57-55)53(71-12)48(36)50(59)37-30-44(67-8)52(70-11)45(31-37)68-9/h15-16,25,27-32,39,50H,13-14,17-24,26H2,1-12H3/q+2/b16-15-. The van der Waals surface area contributed by atoms with Crippen LogP contribution in [0.2, 0.25) is 0 Å². The summed E-state index contributed by atoms with van der Waals surface area (Å²) >= 11 is 0. The van der Waals surface area contributed by atoms with Gasteiger partial charge in [-0.15, -0.1) is 0 Å². The van der Waals surface area contributed by atoms with Crippen LogP contribution >= 0.6 is 0 Å². The number of amides is 1. The van der Waals surface area contributed by atoms with Crippen LogP contribution in [-0.4, -0.2) is 144 Å². The van der Waals surface area contributed by atoms with Gasteiger partial charge in [0.15, 0.2) is 34.5 Å². The van der Waals surface area contributed by atoms with Crippen LogP contribution in [0.3, 0.4) is 0 Å². The Morgan fingerprint density at radius 1 is 0.616 bits per heavy atom. The maximum absolute atomic E-state index is 13.3. The zero-order valence-electron chi connectivity index (χ0n) is 44.1. The van der Waals surface area contributed by atoms with E-state index in [-0.39, 0.29) is 36.3 Å². The zero-order valence-corrected chi connectivity index (χ0v) is 44.1. The summed E-state index contributed by atoms with van der Waals surface area (Å²) in [5.74, 6) is 2.19. The number of carbonyl (C=O) groups is 3. The van der Waals surface area contributed by atoms with Crippen LogP contribution < -0.4 is 42.6 Å². The number of azide groups is 1. The van der Waals surface area contributed by atoms with Gasteiger partial charge < -0.3 is 61.1 Å². The van der Waals surface area contributed by atoms with Crippen molar-refractivity contribution < 1.29 is 75.5 Å². The molecule has 392 valence electrons. The first-order valence-corrected chi connectivity index (χ1v) is 23.9. The van der Waals surface area contributed by atoms with Gasteiger partial charge in [0.1, 0.15) is 29.1 Å². The van der Waals surface area contributed by atoms with Crippen LogP contribution in [-0.2, 0) is 38.3 Å². The molecule has 2 heterocycles. The van der Waals surface area contributed by atoms with Crippen molar-refractivity contribution in [3.05, 3.63) is 110 Å². The Labute approximate surface area is 427 Å². The molecule has 0 radical (unpaired) electrons. The van der Waals surface area contributed by atoms with Gasteiger partial charge in [-0.3, -0.25) is 4.79 Å². The monoisotopic (exact) mass is 1010 g/mol. The predicted octanol–water partition coefficient (Wildman–Crippen LogP) is 8.02. The van der Waals surface area contributed by atoms with E-state index < -0.39 is 23.9 Å². The van der Waals surface area contributed by atoms with E-state index in [1.165, 1.54) is 46.7 Å². The number of likely N-dealkylation sites (N-methyl/N-ethyl adjacent to an activating group) is 2. The molecule has 0 aromatic heterocycles. The lowest BCUT2D eigenvalue weighted by atomic mass is 9.83. The van der Waals surface area contributed by atoms with Crippen LogP contribution in [0.5, 0.6) is 51.7 Å². The summed E-state index contributed by atoms with van der Waals surface area (Å²) in [6.07, 6.45) is 5.26. The minimum atomic E-state index is -0.860. The summed E-state index contributed by atoms with van der Waals surface area (Å²) in [4.78, 5) is 42.0. The van der Waals surface area contributed by atoms with Gasteiger partial charge in [-0.2, -0.15) is 0 Å². The molecule has 2 aliphatic heterocycles. The van der Waals surface area contributed by atoms with Crippen molar-refractivity contribution in [3.8, 4) is 51.7 Å². The third-order valence-corrected chi connectivity index (χ3v) is 14.2. The molecule has 4 aromatic carbocycles. The Hall–Kier alpha value is -7.34. The largest absolute Gasteiger partial charge is 0.496 e. The van der Waals surface area contributed by atoms with Gasteiger partial charge in [0.2, 0.25) is 5.75 Å². The summed E-state index contributed by atoms with van der Waals surface area (Å²) in [6.45, 7) is 4.88. The molecule has 0 saturated carbocycles. The minimum absolute atomic E-state index is 0.00956. The average Bonchev–Trinajstić information content (AvgIpc) is 3.39. The Bertz CT molecular complexity index is 2730. The number of carbonyl (C=O) groups excluding carboxylic acids is 3. The van der Waals surface area contributed by atoms with E-state index in [9.17, 15) is 19.9 Å². The SMILES string of the molecule is COc1cc2c(cc1OC)C(Cc1cc(C)c(OC)c(OC)c1)[N+](C)(CCCOC(=O)/C=C\C(=O)OCCC[N+]1(C)CCc3cc(OC)c(C(=O)N=[N+]=[N-])c(OC)c3C1c1cc(OC)c(OC)c(OC)c1)CC2. The van der Waals surface area contributed by atoms with Crippen LogP contribution in [0, 0.1) is 6.92 Å². The second-order valence-electron chi connectivity index (χ2n) is 18.4. The van der Waals surface area contributed by atoms with Crippen LogP contribution in [0.15, 0.2) is 59.7 Å². The van der Waals surface area contributed by atoms with Crippen molar-refractivity contribution in [1.29, 1.82) is 0 Å². The lowest BCUT2D eigenvalue weighted by Crippen LogP contribution is -2.52. The highest BCUT2D eigenvalue weighted by molar-refractivity contribution is 6.01. The van der Waals surface area contributed by atoms with Gasteiger partial charge in [-0.25, -0.2) is 9.59 Å². The molecule has 0 N–H and O–H groups in total. The molecule has 0 fully saturated rings. The first-order chi connectivity index (χ1) is 35.1. The molecule has 6 rings (SSSR count). The molecule has 4 atom stereocenters. The van der Waals surface area contributed by atoms with E-state index in [2.05, 4.69) is 42.3 Å².